The van der Waals surface area contributed by atoms with Gasteiger partial charge in [-0.15, -0.1) is 13.2 Å². The number of nitrogens with one attached hydrogen (secondary N) is 1. The van der Waals surface area contributed by atoms with Crippen LogP contribution in [-0.4, -0.2) is 11.3 Å². The van der Waals surface area contributed by atoms with Crippen LogP contribution >= 0.6 is 0 Å². The second kappa shape index (κ2) is 6.62. The minimum Gasteiger partial charge on any atom is -0.444 e. The van der Waals surface area contributed by atoms with Crippen molar-refractivity contribution in [2.75, 3.05) is 0 Å². The molecule has 2 aromatic rings. The van der Waals surface area contributed by atoms with Crippen molar-refractivity contribution in [2.45, 2.75) is 32.8 Å². The van der Waals surface area contributed by atoms with Crippen molar-refractivity contribution in [1.82, 2.24) is 10.3 Å². The van der Waals surface area contributed by atoms with Crippen LogP contribution in [0.25, 0.3) is 0 Å². The fraction of sp³-hybridized carbons (Fsp3) is 0.357. The maximum Gasteiger partial charge on any atom is 0.573 e. The van der Waals surface area contributed by atoms with Gasteiger partial charge in [-0.05, 0) is 17.7 Å². The van der Waals surface area contributed by atoms with Crippen molar-refractivity contribution >= 4 is 0 Å². The van der Waals surface area contributed by atoms with Gasteiger partial charge in [-0.1, -0.05) is 19.1 Å². The maximum absolute atomic E-state index is 12.0. The molecule has 0 bridgehead atoms. The van der Waals surface area contributed by atoms with Crippen LogP contribution in [0.1, 0.15) is 24.1 Å². The first-order valence-corrected chi connectivity index (χ1v) is 6.45. The Morgan fingerprint density at radius 1 is 1.19 bits per heavy atom. The van der Waals surface area contributed by atoms with Crippen LogP contribution in [0, 0.1) is 0 Å². The number of rotatable bonds is 6. The van der Waals surface area contributed by atoms with E-state index < -0.39 is 6.36 Å². The molecule has 0 saturated heterocycles. The van der Waals surface area contributed by atoms with Gasteiger partial charge in [0.1, 0.15) is 11.5 Å². The van der Waals surface area contributed by atoms with Crippen LogP contribution in [0.4, 0.5) is 13.2 Å². The molecule has 0 radical (unpaired) electrons. The van der Waals surface area contributed by atoms with Gasteiger partial charge in [-0.25, -0.2) is 4.98 Å². The number of hydrogen-bond donors (Lipinski definition) is 1. The first kappa shape index (κ1) is 15.4. The molecule has 0 spiro atoms. The zero-order valence-corrected chi connectivity index (χ0v) is 11.4. The molecule has 114 valence electrons. The normalized spacial score (nSPS) is 11.6. The maximum atomic E-state index is 12.0. The molecule has 1 aromatic carbocycles. The lowest BCUT2D eigenvalue weighted by Gasteiger charge is -2.09. The lowest BCUT2D eigenvalue weighted by molar-refractivity contribution is -0.274. The van der Waals surface area contributed by atoms with Crippen LogP contribution in [0.3, 0.4) is 0 Å². The van der Waals surface area contributed by atoms with E-state index in [1.807, 2.05) is 6.92 Å². The minimum atomic E-state index is -4.66. The number of halogens is 3. The summed E-state index contributed by atoms with van der Waals surface area (Å²) in [5, 5.41) is 3.13. The molecule has 21 heavy (non-hydrogen) atoms. The van der Waals surface area contributed by atoms with Crippen molar-refractivity contribution in [3.8, 4) is 5.75 Å². The van der Waals surface area contributed by atoms with Gasteiger partial charge in [-0.2, -0.15) is 0 Å². The van der Waals surface area contributed by atoms with Gasteiger partial charge < -0.3 is 14.5 Å². The molecular formula is C14H15F3N2O2. The number of oxazole rings is 1. The van der Waals surface area contributed by atoms with E-state index in [1.165, 1.54) is 12.1 Å². The highest BCUT2D eigenvalue weighted by molar-refractivity contribution is 5.27. The van der Waals surface area contributed by atoms with E-state index >= 15 is 0 Å². The molecule has 0 amide bonds. The number of nitrogens with zero attached hydrogens (tertiary/aromatic N) is 1. The summed E-state index contributed by atoms with van der Waals surface area (Å²) in [6.07, 6.45) is -2.27. The first-order chi connectivity index (χ1) is 9.96. The molecule has 1 heterocycles. The van der Waals surface area contributed by atoms with E-state index in [1.54, 1.807) is 18.3 Å². The number of alkyl halides is 3. The van der Waals surface area contributed by atoms with Gasteiger partial charge in [0.2, 0.25) is 0 Å². The summed E-state index contributed by atoms with van der Waals surface area (Å²) in [5.41, 5.74) is 0.847. The lowest BCUT2D eigenvalue weighted by Crippen LogP contribution is -2.17. The van der Waals surface area contributed by atoms with Gasteiger partial charge in [-0.3, -0.25) is 0 Å². The van der Waals surface area contributed by atoms with Crippen molar-refractivity contribution in [2.24, 2.45) is 0 Å². The molecular weight excluding hydrogens is 285 g/mol. The molecule has 0 saturated carbocycles. The highest BCUT2D eigenvalue weighted by atomic mass is 19.4. The largest absolute Gasteiger partial charge is 0.573 e. The number of benzene rings is 1. The van der Waals surface area contributed by atoms with E-state index in [0.717, 1.165) is 17.7 Å². The average Bonchev–Trinajstić information content (AvgIpc) is 2.87. The van der Waals surface area contributed by atoms with Gasteiger partial charge in [0.05, 0.1) is 12.7 Å². The van der Waals surface area contributed by atoms with Gasteiger partial charge in [0.25, 0.3) is 0 Å². The Bertz CT molecular complexity index is 564. The minimum absolute atomic E-state index is 0.228. The van der Waals surface area contributed by atoms with Crippen molar-refractivity contribution < 1.29 is 22.3 Å². The van der Waals surface area contributed by atoms with Crippen molar-refractivity contribution in [3.63, 3.8) is 0 Å². The monoisotopic (exact) mass is 300 g/mol. The Morgan fingerprint density at radius 3 is 2.48 bits per heavy atom. The summed E-state index contributed by atoms with van der Waals surface area (Å²) < 4.78 is 45.3. The van der Waals surface area contributed by atoms with Crippen molar-refractivity contribution in [3.05, 3.63) is 47.7 Å². The molecule has 4 nitrogen and oxygen atoms in total. The predicted octanol–water partition coefficient (Wildman–Crippen LogP) is 3.43. The van der Waals surface area contributed by atoms with Gasteiger partial charge in [0.15, 0.2) is 5.89 Å². The third-order valence-corrected chi connectivity index (χ3v) is 2.69. The summed E-state index contributed by atoms with van der Waals surface area (Å²) >= 11 is 0. The van der Waals surface area contributed by atoms with Crippen molar-refractivity contribution in [1.29, 1.82) is 0 Å². The molecule has 7 heteroatoms. The van der Waals surface area contributed by atoms with Crippen LogP contribution in [0.5, 0.6) is 5.75 Å². The van der Waals surface area contributed by atoms with Gasteiger partial charge >= 0.3 is 6.36 Å². The standard InChI is InChI=1S/C14H15F3N2O2/c1-2-13-19-9-12(20-13)8-18-7-10-3-5-11(6-4-10)21-14(15,16)17/h3-6,9,18H,2,7-8H2,1H3. The molecule has 2 rings (SSSR count). The van der Waals surface area contributed by atoms with Crippen LogP contribution < -0.4 is 10.1 Å². The number of ether oxygens (including phenoxy) is 1. The van der Waals surface area contributed by atoms with E-state index in [-0.39, 0.29) is 5.75 Å². The molecule has 1 N–H and O–H groups in total. The Labute approximate surface area is 119 Å². The van der Waals surface area contributed by atoms with Gasteiger partial charge in [0, 0.05) is 13.0 Å². The molecule has 1 aromatic heterocycles. The summed E-state index contributed by atoms with van der Waals surface area (Å²) in [6, 6.07) is 5.72. The Balaban J connectivity index is 1.80. The van der Waals surface area contributed by atoms with E-state index in [0.29, 0.717) is 19.0 Å². The summed E-state index contributed by atoms with van der Waals surface area (Å²) in [7, 11) is 0. The third-order valence-electron chi connectivity index (χ3n) is 2.69. The number of hydrogen-bond acceptors (Lipinski definition) is 4. The first-order valence-electron chi connectivity index (χ1n) is 6.45. The molecule has 0 fully saturated rings. The quantitative estimate of drug-likeness (QED) is 0.888. The average molecular weight is 300 g/mol. The third kappa shape index (κ3) is 5.11. The van der Waals surface area contributed by atoms with E-state index in [2.05, 4.69) is 15.0 Å². The smallest absolute Gasteiger partial charge is 0.444 e. The summed E-state index contributed by atoms with van der Waals surface area (Å²) in [6.45, 7) is 2.97. The number of aryl methyl sites for hydroxylation is 1. The zero-order valence-electron chi connectivity index (χ0n) is 11.4. The van der Waals surface area contributed by atoms with Crippen LogP contribution in [0.2, 0.25) is 0 Å². The van der Waals surface area contributed by atoms with E-state index in [4.69, 9.17) is 4.42 Å². The highest BCUT2D eigenvalue weighted by Crippen LogP contribution is 2.22. The fourth-order valence-electron chi connectivity index (χ4n) is 1.73. The van der Waals surface area contributed by atoms with Crippen LogP contribution in [-0.2, 0) is 19.5 Å². The zero-order chi connectivity index (χ0) is 15.3. The van der Waals surface area contributed by atoms with E-state index in [9.17, 15) is 13.2 Å². The second-order valence-electron chi connectivity index (χ2n) is 4.37. The Morgan fingerprint density at radius 2 is 1.90 bits per heavy atom. The summed E-state index contributed by atoms with van der Waals surface area (Å²) in [5.74, 6) is 1.18. The molecule has 0 atom stereocenters. The van der Waals surface area contributed by atoms with Crippen LogP contribution in [0.15, 0.2) is 34.9 Å². The number of aromatic nitrogens is 1. The Hall–Kier alpha value is -2.02. The molecule has 0 aliphatic rings. The summed E-state index contributed by atoms with van der Waals surface area (Å²) in [4.78, 5) is 4.08. The fourth-order valence-corrected chi connectivity index (χ4v) is 1.73. The lowest BCUT2D eigenvalue weighted by atomic mass is 10.2. The highest BCUT2D eigenvalue weighted by Gasteiger charge is 2.30. The molecule has 0 aliphatic carbocycles. The molecule has 0 unspecified atom stereocenters. The Kier molecular flexibility index (Phi) is 4.85. The molecule has 0 aliphatic heterocycles. The predicted molar refractivity (Wildman–Crippen MR) is 69.5 cm³/mol. The second-order valence-corrected chi connectivity index (χ2v) is 4.37. The SMILES string of the molecule is CCc1ncc(CNCc2ccc(OC(F)(F)F)cc2)o1. The topological polar surface area (TPSA) is 47.3 Å².